The normalized spacial score (nSPS) is 16.2. The maximum atomic E-state index is 12.5. The number of fused-ring (bicyclic) bond motifs is 1. The number of nitrogens with zero attached hydrogens (tertiary/aromatic N) is 1. The van der Waals surface area contributed by atoms with E-state index in [9.17, 15) is 4.79 Å². The van der Waals surface area contributed by atoms with E-state index in [-0.39, 0.29) is 12.5 Å². The zero-order valence-corrected chi connectivity index (χ0v) is 15.1. The fourth-order valence-electron chi connectivity index (χ4n) is 2.94. The van der Waals surface area contributed by atoms with Gasteiger partial charge in [-0.05, 0) is 24.6 Å². The summed E-state index contributed by atoms with van der Waals surface area (Å²) in [6.07, 6.45) is 0. The number of ether oxygens (including phenoxy) is 3. The highest BCUT2D eigenvalue weighted by Crippen LogP contribution is 2.37. The van der Waals surface area contributed by atoms with Gasteiger partial charge < -0.3 is 19.5 Å². The van der Waals surface area contributed by atoms with E-state index in [1.54, 1.807) is 26.4 Å². The lowest BCUT2D eigenvalue weighted by Crippen LogP contribution is -2.29. The van der Waals surface area contributed by atoms with Gasteiger partial charge in [-0.2, -0.15) is 0 Å². The van der Waals surface area contributed by atoms with Gasteiger partial charge in [0.1, 0.15) is 0 Å². The number of anilines is 1. The molecule has 6 nitrogen and oxygen atoms in total. The van der Waals surface area contributed by atoms with Gasteiger partial charge in [0.05, 0.1) is 38.7 Å². The zero-order chi connectivity index (χ0) is 18.5. The molecule has 136 valence electrons. The molecule has 0 saturated carbocycles. The van der Waals surface area contributed by atoms with Crippen LogP contribution in [0.25, 0.3) is 0 Å². The van der Waals surface area contributed by atoms with Gasteiger partial charge in [0.25, 0.3) is 5.91 Å². The summed E-state index contributed by atoms with van der Waals surface area (Å²) in [6.45, 7) is 2.49. The molecule has 1 aliphatic rings. The molecular weight excluding hydrogens is 332 g/mol. The lowest BCUT2D eigenvalue weighted by atomic mass is 10.1. The number of methoxy groups -OCH3 is 2. The van der Waals surface area contributed by atoms with E-state index < -0.39 is 6.04 Å². The number of amides is 1. The first kappa shape index (κ1) is 17.9. The van der Waals surface area contributed by atoms with Crippen LogP contribution in [0.3, 0.4) is 0 Å². The van der Waals surface area contributed by atoms with Crippen molar-refractivity contribution in [3.05, 3.63) is 53.6 Å². The predicted octanol–water partition coefficient (Wildman–Crippen LogP) is 3.05. The average Bonchev–Trinajstić information content (AvgIpc) is 2.78. The summed E-state index contributed by atoms with van der Waals surface area (Å²) in [7, 11) is 3.14. The summed E-state index contributed by atoms with van der Waals surface area (Å²) in [4.78, 5) is 17.1. The number of carbonyl (C=O) groups excluding carboxylic acids is 1. The Bertz CT molecular complexity index is 818. The van der Waals surface area contributed by atoms with Gasteiger partial charge in [0.2, 0.25) is 0 Å². The fraction of sp³-hybridized carbons (Fsp3) is 0.300. The van der Waals surface area contributed by atoms with Crippen LogP contribution in [0.5, 0.6) is 11.5 Å². The van der Waals surface area contributed by atoms with E-state index in [1.165, 1.54) is 0 Å². The summed E-state index contributed by atoms with van der Waals surface area (Å²) >= 11 is 0. The van der Waals surface area contributed by atoms with Gasteiger partial charge in [-0.25, -0.2) is 0 Å². The summed E-state index contributed by atoms with van der Waals surface area (Å²) in [5, 5.41) is 2.91. The molecule has 0 bridgehead atoms. The van der Waals surface area contributed by atoms with Crippen molar-refractivity contribution >= 4 is 17.3 Å². The van der Waals surface area contributed by atoms with Crippen molar-refractivity contribution in [2.75, 3.05) is 26.1 Å². The molecule has 1 atom stereocenters. The van der Waals surface area contributed by atoms with Crippen LogP contribution in [-0.4, -0.2) is 38.5 Å². The second-order valence-corrected chi connectivity index (χ2v) is 5.94. The molecule has 6 heteroatoms. The van der Waals surface area contributed by atoms with Crippen LogP contribution < -0.4 is 14.8 Å². The molecule has 1 heterocycles. The standard InChI is InChI=1S/C20H22N2O4/c1-13-18-15(9-10-17(24-2)19(18)25-3)22-20(23)16(21-13)12-26-11-14-7-5-4-6-8-14/h4-10,16H,11-12H2,1-3H3,(H,22,23)/t16-/m1/s1. The minimum Gasteiger partial charge on any atom is -0.493 e. The topological polar surface area (TPSA) is 69.1 Å². The Labute approximate surface area is 152 Å². The molecule has 2 aromatic carbocycles. The second-order valence-electron chi connectivity index (χ2n) is 5.94. The number of benzene rings is 2. The van der Waals surface area contributed by atoms with Crippen LogP contribution in [0.2, 0.25) is 0 Å². The maximum Gasteiger partial charge on any atom is 0.251 e. The monoisotopic (exact) mass is 354 g/mol. The molecule has 0 radical (unpaired) electrons. The number of aliphatic imine (C=N–C) groups is 1. The van der Waals surface area contributed by atoms with E-state index in [4.69, 9.17) is 14.2 Å². The Balaban J connectivity index is 1.80. The van der Waals surface area contributed by atoms with Gasteiger partial charge in [-0.3, -0.25) is 9.79 Å². The number of nitrogens with one attached hydrogen (secondary N) is 1. The predicted molar refractivity (Wildman–Crippen MR) is 100 cm³/mol. The third kappa shape index (κ3) is 3.70. The van der Waals surface area contributed by atoms with Crippen molar-refractivity contribution in [1.82, 2.24) is 0 Å². The van der Waals surface area contributed by atoms with E-state index in [1.807, 2.05) is 37.3 Å². The van der Waals surface area contributed by atoms with Crippen molar-refractivity contribution in [1.29, 1.82) is 0 Å². The molecule has 0 unspecified atom stereocenters. The smallest absolute Gasteiger partial charge is 0.251 e. The molecule has 26 heavy (non-hydrogen) atoms. The van der Waals surface area contributed by atoms with Crippen molar-refractivity contribution in [3.8, 4) is 11.5 Å². The Morgan fingerprint density at radius 1 is 1.08 bits per heavy atom. The SMILES string of the molecule is COc1ccc2c(c1OC)C(C)=N[C@H](COCc1ccccc1)C(=O)N2. The van der Waals surface area contributed by atoms with Crippen LogP contribution in [0.15, 0.2) is 47.5 Å². The van der Waals surface area contributed by atoms with Gasteiger partial charge in [0, 0.05) is 5.71 Å². The first-order valence-corrected chi connectivity index (χ1v) is 8.36. The average molecular weight is 354 g/mol. The van der Waals surface area contributed by atoms with Crippen LogP contribution in [0.4, 0.5) is 5.69 Å². The van der Waals surface area contributed by atoms with Gasteiger partial charge >= 0.3 is 0 Å². The summed E-state index contributed by atoms with van der Waals surface area (Å²) in [6, 6.07) is 12.8. The quantitative estimate of drug-likeness (QED) is 0.866. The summed E-state index contributed by atoms with van der Waals surface area (Å²) in [5.41, 5.74) is 3.13. The first-order chi connectivity index (χ1) is 12.6. The molecule has 1 N–H and O–H groups in total. The number of benzodiazepines with no additional fused rings is 1. The van der Waals surface area contributed by atoms with Crippen molar-refractivity contribution in [2.45, 2.75) is 19.6 Å². The third-order valence-corrected chi connectivity index (χ3v) is 4.20. The fourth-order valence-corrected chi connectivity index (χ4v) is 2.94. The molecule has 0 aliphatic carbocycles. The highest BCUT2D eigenvalue weighted by molar-refractivity contribution is 6.13. The van der Waals surface area contributed by atoms with E-state index in [0.717, 1.165) is 11.1 Å². The Kier molecular flexibility index (Phi) is 5.53. The second kappa shape index (κ2) is 8.01. The van der Waals surface area contributed by atoms with E-state index >= 15 is 0 Å². The first-order valence-electron chi connectivity index (χ1n) is 8.36. The third-order valence-electron chi connectivity index (χ3n) is 4.20. The van der Waals surface area contributed by atoms with Crippen molar-refractivity contribution in [3.63, 3.8) is 0 Å². The Hall–Kier alpha value is -2.86. The lowest BCUT2D eigenvalue weighted by molar-refractivity contribution is -0.118. The van der Waals surface area contributed by atoms with Crippen LogP contribution in [0.1, 0.15) is 18.1 Å². The molecule has 0 fully saturated rings. The molecule has 1 amide bonds. The minimum atomic E-state index is -0.623. The van der Waals surface area contributed by atoms with Gasteiger partial charge in [0.15, 0.2) is 17.5 Å². The van der Waals surface area contributed by atoms with Crippen LogP contribution in [-0.2, 0) is 16.1 Å². The number of carbonyl (C=O) groups is 1. The van der Waals surface area contributed by atoms with E-state index in [2.05, 4.69) is 10.3 Å². The van der Waals surface area contributed by atoms with Crippen molar-refractivity contribution in [2.24, 2.45) is 4.99 Å². The Morgan fingerprint density at radius 3 is 2.54 bits per heavy atom. The van der Waals surface area contributed by atoms with Crippen LogP contribution >= 0.6 is 0 Å². The molecule has 0 aromatic heterocycles. The highest BCUT2D eigenvalue weighted by atomic mass is 16.5. The van der Waals surface area contributed by atoms with Gasteiger partial charge in [-0.1, -0.05) is 30.3 Å². The lowest BCUT2D eigenvalue weighted by Gasteiger charge is -2.15. The molecular formula is C20H22N2O4. The largest absolute Gasteiger partial charge is 0.493 e. The summed E-state index contributed by atoms with van der Waals surface area (Å²) in [5.74, 6) is 0.939. The molecule has 1 aliphatic heterocycles. The number of hydrogen-bond donors (Lipinski definition) is 1. The number of rotatable bonds is 6. The maximum absolute atomic E-state index is 12.5. The van der Waals surface area contributed by atoms with Crippen molar-refractivity contribution < 1.29 is 19.0 Å². The summed E-state index contributed by atoms with van der Waals surface area (Å²) < 4.78 is 16.5. The highest BCUT2D eigenvalue weighted by Gasteiger charge is 2.27. The van der Waals surface area contributed by atoms with Gasteiger partial charge in [-0.15, -0.1) is 0 Å². The van der Waals surface area contributed by atoms with E-state index in [0.29, 0.717) is 29.5 Å². The molecule has 0 saturated heterocycles. The molecule has 0 spiro atoms. The van der Waals surface area contributed by atoms with Crippen LogP contribution in [0, 0.1) is 0 Å². The minimum absolute atomic E-state index is 0.200. The Morgan fingerprint density at radius 2 is 1.85 bits per heavy atom. The zero-order valence-electron chi connectivity index (χ0n) is 15.1. The molecule has 3 rings (SSSR count). The number of hydrogen-bond acceptors (Lipinski definition) is 5. The molecule has 2 aromatic rings.